The first-order chi connectivity index (χ1) is 10.4. The van der Waals surface area contributed by atoms with E-state index in [2.05, 4.69) is 6.58 Å². The highest BCUT2D eigenvalue weighted by atomic mass is 35.5. The van der Waals surface area contributed by atoms with E-state index < -0.39 is 18.0 Å². The van der Waals surface area contributed by atoms with E-state index in [4.69, 9.17) is 25.8 Å². The van der Waals surface area contributed by atoms with E-state index in [-0.39, 0.29) is 25.4 Å². The molecule has 1 aromatic rings. The van der Waals surface area contributed by atoms with Crippen molar-refractivity contribution in [2.75, 3.05) is 19.8 Å². The minimum Gasteiger partial charge on any atom is -0.480 e. The SMILES string of the molecule is C=C(C)C(=O)OCC(O)COC(=O)COc1ccccc1Cl. The number of benzene rings is 1. The van der Waals surface area contributed by atoms with Crippen molar-refractivity contribution in [2.45, 2.75) is 13.0 Å². The second-order valence-electron chi connectivity index (χ2n) is 4.43. The predicted octanol–water partition coefficient (Wildman–Crippen LogP) is 1.74. The van der Waals surface area contributed by atoms with Gasteiger partial charge in [-0.05, 0) is 19.1 Å². The van der Waals surface area contributed by atoms with E-state index in [0.717, 1.165) is 0 Å². The van der Waals surface area contributed by atoms with Gasteiger partial charge < -0.3 is 19.3 Å². The van der Waals surface area contributed by atoms with Gasteiger partial charge in [-0.2, -0.15) is 0 Å². The Balaban J connectivity index is 2.24. The highest BCUT2D eigenvalue weighted by Gasteiger charge is 2.13. The van der Waals surface area contributed by atoms with Crippen LogP contribution in [0, 0.1) is 0 Å². The molecule has 0 aliphatic heterocycles. The Morgan fingerprint density at radius 1 is 1.27 bits per heavy atom. The van der Waals surface area contributed by atoms with Gasteiger partial charge in [-0.3, -0.25) is 0 Å². The highest BCUT2D eigenvalue weighted by molar-refractivity contribution is 6.32. The smallest absolute Gasteiger partial charge is 0.344 e. The first-order valence-corrected chi connectivity index (χ1v) is 6.81. The molecule has 0 spiro atoms. The maximum Gasteiger partial charge on any atom is 0.344 e. The molecule has 120 valence electrons. The van der Waals surface area contributed by atoms with Gasteiger partial charge in [-0.25, -0.2) is 9.59 Å². The lowest BCUT2D eigenvalue weighted by molar-refractivity contribution is -0.152. The average molecular weight is 329 g/mol. The summed E-state index contributed by atoms with van der Waals surface area (Å²) < 4.78 is 14.7. The van der Waals surface area contributed by atoms with Crippen molar-refractivity contribution in [3.05, 3.63) is 41.4 Å². The van der Waals surface area contributed by atoms with Gasteiger partial charge in [0, 0.05) is 5.57 Å². The molecule has 1 N–H and O–H groups in total. The van der Waals surface area contributed by atoms with Crippen LogP contribution in [0.25, 0.3) is 0 Å². The van der Waals surface area contributed by atoms with Crippen LogP contribution in [0.5, 0.6) is 5.75 Å². The van der Waals surface area contributed by atoms with Crippen molar-refractivity contribution in [3.63, 3.8) is 0 Å². The number of aliphatic hydroxyl groups is 1. The number of aliphatic hydroxyl groups excluding tert-OH is 1. The van der Waals surface area contributed by atoms with Crippen LogP contribution in [0.3, 0.4) is 0 Å². The number of carbonyl (C=O) groups is 2. The third kappa shape index (κ3) is 6.60. The molecule has 0 fully saturated rings. The number of rotatable bonds is 8. The van der Waals surface area contributed by atoms with Crippen molar-refractivity contribution >= 4 is 23.5 Å². The summed E-state index contributed by atoms with van der Waals surface area (Å²) in [6.45, 7) is 3.94. The van der Waals surface area contributed by atoms with E-state index in [9.17, 15) is 14.7 Å². The Bertz CT molecular complexity index is 543. The fourth-order valence-electron chi connectivity index (χ4n) is 1.27. The monoisotopic (exact) mass is 328 g/mol. The number of esters is 2. The van der Waals surface area contributed by atoms with Crippen LogP contribution in [0.4, 0.5) is 0 Å². The zero-order valence-electron chi connectivity index (χ0n) is 12.1. The molecule has 0 bridgehead atoms. The molecule has 6 nitrogen and oxygen atoms in total. The molecule has 1 rings (SSSR count). The number of ether oxygens (including phenoxy) is 3. The number of carbonyl (C=O) groups excluding carboxylic acids is 2. The van der Waals surface area contributed by atoms with E-state index >= 15 is 0 Å². The van der Waals surface area contributed by atoms with Crippen molar-refractivity contribution in [1.29, 1.82) is 0 Å². The molecule has 0 aliphatic carbocycles. The van der Waals surface area contributed by atoms with Gasteiger partial charge in [0.05, 0.1) is 5.02 Å². The molecule has 0 aliphatic rings. The van der Waals surface area contributed by atoms with Crippen LogP contribution in [0.1, 0.15) is 6.92 Å². The molecule has 0 radical (unpaired) electrons. The van der Waals surface area contributed by atoms with Gasteiger partial charge in [0.1, 0.15) is 25.1 Å². The first kappa shape index (κ1) is 18.0. The molecule has 0 saturated heterocycles. The van der Waals surface area contributed by atoms with Crippen molar-refractivity contribution in [2.24, 2.45) is 0 Å². The molecule has 1 unspecified atom stereocenters. The Morgan fingerprint density at radius 2 is 1.91 bits per heavy atom. The number of para-hydroxylation sites is 1. The Labute approximate surface area is 133 Å². The second kappa shape index (κ2) is 9.07. The van der Waals surface area contributed by atoms with Crippen LogP contribution in [-0.4, -0.2) is 43.0 Å². The van der Waals surface area contributed by atoms with Crippen LogP contribution < -0.4 is 4.74 Å². The molecule has 1 aromatic carbocycles. The van der Waals surface area contributed by atoms with Gasteiger partial charge in [-0.1, -0.05) is 30.3 Å². The largest absolute Gasteiger partial charge is 0.480 e. The van der Waals surface area contributed by atoms with E-state index in [1.165, 1.54) is 6.92 Å². The molecule has 0 heterocycles. The van der Waals surface area contributed by atoms with Crippen LogP contribution in [0.2, 0.25) is 5.02 Å². The summed E-state index contributed by atoms with van der Waals surface area (Å²) >= 11 is 5.86. The van der Waals surface area contributed by atoms with Crippen LogP contribution in [-0.2, 0) is 19.1 Å². The summed E-state index contributed by atoms with van der Waals surface area (Å²) in [5.74, 6) is -0.935. The standard InChI is InChI=1S/C15H17ClO6/c1-10(2)15(19)22-8-11(17)7-21-14(18)9-20-13-6-4-3-5-12(13)16/h3-6,11,17H,1,7-9H2,2H3. The van der Waals surface area contributed by atoms with Gasteiger partial charge in [0.25, 0.3) is 0 Å². The van der Waals surface area contributed by atoms with Crippen molar-refractivity contribution in [3.8, 4) is 5.75 Å². The van der Waals surface area contributed by atoms with Gasteiger partial charge >= 0.3 is 11.9 Å². The summed E-state index contributed by atoms with van der Waals surface area (Å²) in [7, 11) is 0. The topological polar surface area (TPSA) is 82.1 Å². The van der Waals surface area contributed by atoms with Gasteiger partial charge in [0.2, 0.25) is 0 Å². The summed E-state index contributed by atoms with van der Waals surface area (Å²) in [5, 5.41) is 9.89. The highest BCUT2D eigenvalue weighted by Crippen LogP contribution is 2.22. The third-order valence-electron chi connectivity index (χ3n) is 2.37. The fraction of sp³-hybridized carbons (Fsp3) is 0.333. The summed E-state index contributed by atoms with van der Waals surface area (Å²) in [4.78, 5) is 22.6. The minimum atomic E-state index is -1.12. The Morgan fingerprint density at radius 3 is 2.55 bits per heavy atom. The second-order valence-corrected chi connectivity index (χ2v) is 4.84. The normalized spacial score (nSPS) is 11.4. The summed E-state index contributed by atoms with van der Waals surface area (Å²) in [6.07, 6.45) is -1.12. The van der Waals surface area contributed by atoms with E-state index in [1.807, 2.05) is 0 Å². The molecule has 7 heteroatoms. The first-order valence-electron chi connectivity index (χ1n) is 6.43. The Hall–Kier alpha value is -2.05. The molecular weight excluding hydrogens is 312 g/mol. The molecule has 0 aromatic heterocycles. The zero-order valence-corrected chi connectivity index (χ0v) is 12.8. The Kier molecular flexibility index (Phi) is 7.42. The van der Waals surface area contributed by atoms with E-state index in [1.54, 1.807) is 24.3 Å². The molecular formula is C15H17ClO6. The van der Waals surface area contributed by atoms with Crippen LogP contribution >= 0.6 is 11.6 Å². The summed E-state index contributed by atoms with van der Waals surface area (Å²) in [6, 6.07) is 6.69. The maximum absolute atomic E-state index is 11.5. The average Bonchev–Trinajstić information content (AvgIpc) is 2.49. The van der Waals surface area contributed by atoms with E-state index in [0.29, 0.717) is 10.8 Å². The van der Waals surface area contributed by atoms with Crippen molar-refractivity contribution in [1.82, 2.24) is 0 Å². The predicted molar refractivity (Wildman–Crippen MR) is 79.7 cm³/mol. The minimum absolute atomic E-state index is 0.220. The quantitative estimate of drug-likeness (QED) is 0.578. The van der Waals surface area contributed by atoms with Gasteiger partial charge in [0.15, 0.2) is 6.61 Å². The maximum atomic E-state index is 11.5. The lowest BCUT2D eigenvalue weighted by Crippen LogP contribution is -2.27. The third-order valence-corrected chi connectivity index (χ3v) is 2.69. The summed E-state index contributed by atoms with van der Waals surface area (Å²) in [5.41, 5.74) is 0.220. The molecule has 22 heavy (non-hydrogen) atoms. The lowest BCUT2D eigenvalue weighted by atomic mass is 10.3. The fourth-order valence-corrected chi connectivity index (χ4v) is 1.46. The van der Waals surface area contributed by atoms with Crippen LogP contribution in [0.15, 0.2) is 36.4 Å². The molecule has 1 atom stereocenters. The lowest BCUT2D eigenvalue weighted by Gasteiger charge is -2.12. The number of hydrogen-bond acceptors (Lipinski definition) is 6. The van der Waals surface area contributed by atoms with Crippen molar-refractivity contribution < 1.29 is 28.9 Å². The molecule has 0 amide bonds. The molecule has 0 saturated carbocycles. The number of halogens is 1. The zero-order chi connectivity index (χ0) is 16.5. The number of hydrogen-bond donors (Lipinski definition) is 1. The van der Waals surface area contributed by atoms with Gasteiger partial charge in [-0.15, -0.1) is 0 Å².